The molecular formula is C25H40F3N3. The Kier molecular flexibility index (Phi) is 10.0. The van der Waals surface area contributed by atoms with Gasteiger partial charge in [-0.3, -0.25) is 9.80 Å². The van der Waals surface area contributed by atoms with E-state index in [-0.39, 0.29) is 29.7 Å². The normalized spacial score (nSPS) is 13.3. The van der Waals surface area contributed by atoms with Gasteiger partial charge in [-0.15, -0.1) is 0 Å². The van der Waals surface area contributed by atoms with Crippen molar-refractivity contribution in [1.29, 1.82) is 5.26 Å². The van der Waals surface area contributed by atoms with E-state index in [0.717, 1.165) is 6.07 Å². The van der Waals surface area contributed by atoms with Crippen LogP contribution in [0, 0.1) is 11.3 Å². The Hall–Kier alpha value is -1.58. The summed E-state index contributed by atoms with van der Waals surface area (Å²) < 4.78 is 41.7. The molecule has 1 rings (SSSR count). The molecule has 0 saturated carbocycles. The first-order valence-corrected chi connectivity index (χ1v) is 11.4. The van der Waals surface area contributed by atoms with Crippen LogP contribution < -0.4 is 0 Å². The number of nitrogens with zero attached hydrogens (tertiary/aromatic N) is 3. The summed E-state index contributed by atoms with van der Waals surface area (Å²) in [7, 11) is 0. The molecule has 0 fully saturated rings. The van der Waals surface area contributed by atoms with E-state index < -0.39 is 17.2 Å². The number of rotatable bonds is 11. The summed E-state index contributed by atoms with van der Waals surface area (Å²) in [5, 5.41) is 10.3. The fourth-order valence-electron chi connectivity index (χ4n) is 4.58. The summed E-state index contributed by atoms with van der Waals surface area (Å²) in [6.45, 7) is 17.8. The zero-order chi connectivity index (χ0) is 24.0. The monoisotopic (exact) mass is 439 g/mol. The van der Waals surface area contributed by atoms with E-state index in [1.165, 1.54) is 12.1 Å². The lowest BCUT2D eigenvalue weighted by atomic mass is 9.73. The first kappa shape index (κ1) is 27.5. The molecule has 31 heavy (non-hydrogen) atoms. The zero-order valence-electron chi connectivity index (χ0n) is 20.4. The van der Waals surface area contributed by atoms with Gasteiger partial charge in [0.2, 0.25) is 0 Å². The third-order valence-corrected chi connectivity index (χ3v) is 6.21. The Balaban J connectivity index is 3.46. The second-order valence-electron chi connectivity index (χ2n) is 9.59. The standard InChI is InChI=1S/C25H40F3N3/c1-18(2)30(19(3)4)15-13-24(17-29,14-16-31(20(5)6)21(7)8)22-11-9-10-12-23(22)25(26,27)28/h9-12,18-21H,13-16H2,1-8H3. The Morgan fingerprint density at radius 1 is 0.742 bits per heavy atom. The van der Waals surface area contributed by atoms with Gasteiger partial charge in [-0.1, -0.05) is 18.2 Å². The maximum absolute atomic E-state index is 13.9. The average Bonchev–Trinajstić information content (AvgIpc) is 2.65. The van der Waals surface area contributed by atoms with E-state index in [1.807, 2.05) is 0 Å². The molecule has 0 aliphatic heterocycles. The number of hydrogen-bond donors (Lipinski definition) is 0. The lowest BCUT2D eigenvalue weighted by Crippen LogP contribution is -2.44. The summed E-state index contributed by atoms with van der Waals surface area (Å²) >= 11 is 0. The van der Waals surface area contributed by atoms with Gasteiger partial charge in [0.05, 0.1) is 17.0 Å². The molecule has 0 amide bonds. The van der Waals surface area contributed by atoms with Crippen molar-refractivity contribution < 1.29 is 13.2 Å². The molecule has 0 saturated heterocycles. The molecule has 6 heteroatoms. The first-order valence-electron chi connectivity index (χ1n) is 11.4. The van der Waals surface area contributed by atoms with Crippen molar-refractivity contribution in [1.82, 2.24) is 9.80 Å². The number of benzene rings is 1. The van der Waals surface area contributed by atoms with E-state index in [4.69, 9.17) is 0 Å². The predicted octanol–water partition coefficient (Wildman–Crippen LogP) is 6.48. The molecule has 0 aromatic heterocycles. The van der Waals surface area contributed by atoms with Crippen LogP contribution in [-0.4, -0.2) is 47.1 Å². The van der Waals surface area contributed by atoms with Gasteiger partial charge in [0.1, 0.15) is 0 Å². The summed E-state index contributed by atoms with van der Waals surface area (Å²) in [6, 6.07) is 8.96. The van der Waals surface area contributed by atoms with Gasteiger partial charge in [0.25, 0.3) is 0 Å². The predicted molar refractivity (Wildman–Crippen MR) is 122 cm³/mol. The van der Waals surface area contributed by atoms with Crippen LogP contribution in [0.15, 0.2) is 24.3 Å². The van der Waals surface area contributed by atoms with E-state index in [1.54, 1.807) is 6.07 Å². The fourth-order valence-corrected chi connectivity index (χ4v) is 4.58. The summed E-state index contributed by atoms with van der Waals surface area (Å²) in [5.74, 6) is 0. The van der Waals surface area contributed by atoms with Crippen molar-refractivity contribution in [2.75, 3.05) is 13.1 Å². The quantitative estimate of drug-likeness (QED) is 0.395. The number of nitriles is 1. The van der Waals surface area contributed by atoms with Crippen LogP contribution in [0.2, 0.25) is 0 Å². The lowest BCUT2D eigenvalue weighted by Gasteiger charge is -2.38. The molecule has 0 atom stereocenters. The van der Waals surface area contributed by atoms with E-state index in [0.29, 0.717) is 25.9 Å². The minimum absolute atomic E-state index is 0.102. The summed E-state index contributed by atoms with van der Waals surface area (Å²) in [4.78, 5) is 4.48. The van der Waals surface area contributed by atoms with Gasteiger partial charge in [0.15, 0.2) is 0 Å². The van der Waals surface area contributed by atoms with Crippen LogP contribution in [-0.2, 0) is 11.6 Å². The third-order valence-electron chi connectivity index (χ3n) is 6.21. The molecular weight excluding hydrogens is 399 g/mol. The molecule has 0 radical (unpaired) electrons. The van der Waals surface area contributed by atoms with Crippen molar-refractivity contribution in [2.45, 2.75) is 104 Å². The highest BCUT2D eigenvalue weighted by Gasteiger charge is 2.42. The molecule has 1 aromatic carbocycles. The van der Waals surface area contributed by atoms with E-state index >= 15 is 0 Å². The molecule has 0 unspecified atom stereocenters. The molecule has 1 aromatic rings. The molecule has 0 aliphatic rings. The summed E-state index contributed by atoms with van der Waals surface area (Å²) in [6.07, 6.45) is -3.78. The second-order valence-corrected chi connectivity index (χ2v) is 9.59. The van der Waals surface area contributed by atoms with Gasteiger partial charge in [-0.05, 0) is 79.9 Å². The molecule has 3 nitrogen and oxygen atoms in total. The van der Waals surface area contributed by atoms with Gasteiger partial charge >= 0.3 is 6.18 Å². The summed E-state index contributed by atoms with van der Waals surface area (Å²) in [5.41, 5.74) is -1.81. The molecule has 176 valence electrons. The van der Waals surface area contributed by atoms with Gasteiger partial charge < -0.3 is 0 Å². The van der Waals surface area contributed by atoms with Crippen LogP contribution in [0.25, 0.3) is 0 Å². The maximum atomic E-state index is 13.9. The average molecular weight is 440 g/mol. The van der Waals surface area contributed by atoms with Crippen molar-refractivity contribution in [3.63, 3.8) is 0 Å². The van der Waals surface area contributed by atoms with Crippen LogP contribution in [0.3, 0.4) is 0 Å². The molecule has 0 aliphatic carbocycles. The minimum Gasteiger partial charge on any atom is -0.298 e. The topological polar surface area (TPSA) is 30.3 Å². The third kappa shape index (κ3) is 7.22. The Bertz CT molecular complexity index is 677. The number of alkyl halides is 3. The highest BCUT2D eigenvalue weighted by molar-refractivity contribution is 5.41. The Morgan fingerprint density at radius 3 is 1.39 bits per heavy atom. The molecule has 0 spiro atoms. The highest BCUT2D eigenvalue weighted by Crippen LogP contribution is 2.41. The number of hydrogen-bond acceptors (Lipinski definition) is 3. The van der Waals surface area contributed by atoms with Crippen LogP contribution in [0.5, 0.6) is 0 Å². The first-order chi connectivity index (χ1) is 14.3. The van der Waals surface area contributed by atoms with Gasteiger partial charge in [-0.25, -0.2) is 0 Å². The largest absolute Gasteiger partial charge is 0.416 e. The van der Waals surface area contributed by atoms with Crippen molar-refractivity contribution in [2.24, 2.45) is 0 Å². The second kappa shape index (κ2) is 11.3. The van der Waals surface area contributed by atoms with E-state index in [2.05, 4.69) is 71.3 Å². The molecule has 0 bridgehead atoms. The van der Waals surface area contributed by atoms with E-state index in [9.17, 15) is 18.4 Å². The Morgan fingerprint density at radius 2 is 1.10 bits per heavy atom. The zero-order valence-corrected chi connectivity index (χ0v) is 20.4. The van der Waals surface area contributed by atoms with Gasteiger partial charge in [-0.2, -0.15) is 18.4 Å². The fraction of sp³-hybridized carbons (Fsp3) is 0.720. The lowest BCUT2D eigenvalue weighted by molar-refractivity contribution is -0.138. The maximum Gasteiger partial charge on any atom is 0.416 e. The smallest absolute Gasteiger partial charge is 0.298 e. The van der Waals surface area contributed by atoms with Crippen LogP contribution in [0.4, 0.5) is 13.2 Å². The molecule has 0 heterocycles. The minimum atomic E-state index is -4.50. The van der Waals surface area contributed by atoms with Crippen molar-refractivity contribution in [3.8, 4) is 6.07 Å². The van der Waals surface area contributed by atoms with Crippen molar-refractivity contribution in [3.05, 3.63) is 35.4 Å². The Labute approximate surface area is 187 Å². The van der Waals surface area contributed by atoms with Gasteiger partial charge in [0, 0.05) is 37.3 Å². The SMILES string of the molecule is CC(C)N(CCC(C#N)(CCN(C(C)C)C(C)C)c1ccccc1C(F)(F)F)C(C)C. The van der Waals surface area contributed by atoms with Crippen molar-refractivity contribution >= 4 is 0 Å². The highest BCUT2D eigenvalue weighted by atomic mass is 19.4. The van der Waals surface area contributed by atoms with Crippen LogP contribution in [0.1, 0.15) is 79.4 Å². The molecule has 0 N–H and O–H groups in total. The number of halogens is 3. The van der Waals surface area contributed by atoms with Crippen LogP contribution >= 0.6 is 0 Å².